The molecule has 1 aromatic heterocycles. The van der Waals surface area contributed by atoms with E-state index in [9.17, 15) is 0 Å². The van der Waals surface area contributed by atoms with Gasteiger partial charge in [-0.05, 0) is 37.3 Å². The minimum atomic E-state index is 0.398. The van der Waals surface area contributed by atoms with E-state index in [0.29, 0.717) is 27.3 Å². The molecule has 0 saturated carbocycles. The van der Waals surface area contributed by atoms with Crippen LogP contribution in [0.25, 0.3) is 22.3 Å². The lowest BCUT2D eigenvalue weighted by Crippen LogP contribution is -1.95. The van der Waals surface area contributed by atoms with Crippen molar-refractivity contribution in [2.45, 2.75) is 6.92 Å². The molecule has 0 fully saturated rings. The van der Waals surface area contributed by atoms with E-state index in [1.807, 2.05) is 31.2 Å². The number of aryl methyl sites for hydroxylation is 1. The van der Waals surface area contributed by atoms with E-state index in [0.717, 1.165) is 16.5 Å². The molecular formula is C16H12Cl2N2O. The molecule has 0 N–H and O–H groups in total. The van der Waals surface area contributed by atoms with Crippen LogP contribution in [0.2, 0.25) is 10.2 Å². The van der Waals surface area contributed by atoms with Crippen LogP contribution in [-0.4, -0.2) is 17.1 Å². The molecule has 1 heterocycles. The first-order chi connectivity index (χ1) is 10.1. The number of hydrogen-bond donors (Lipinski definition) is 0. The number of hydrogen-bond acceptors (Lipinski definition) is 3. The Morgan fingerprint density at radius 1 is 1.00 bits per heavy atom. The van der Waals surface area contributed by atoms with Crippen molar-refractivity contribution in [2.75, 3.05) is 7.11 Å². The van der Waals surface area contributed by atoms with Gasteiger partial charge >= 0.3 is 0 Å². The van der Waals surface area contributed by atoms with E-state index in [2.05, 4.69) is 9.97 Å². The summed E-state index contributed by atoms with van der Waals surface area (Å²) in [6, 6.07) is 11.2. The van der Waals surface area contributed by atoms with Gasteiger partial charge in [-0.25, -0.2) is 9.97 Å². The summed E-state index contributed by atoms with van der Waals surface area (Å²) in [5.74, 6) is 1.23. The number of fused-ring (bicyclic) bond motifs is 1. The van der Waals surface area contributed by atoms with E-state index in [-0.39, 0.29) is 0 Å². The number of ether oxygens (including phenoxy) is 1. The maximum atomic E-state index is 6.26. The largest absolute Gasteiger partial charge is 0.496 e. The molecular weight excluding hydrogens is 307 g/mol. The SMILES string of the molecule is COc1ccc(C)cc1-c1nc(Cl)c2ccc(Cl)cc2n1. The van der Waals surface area contributed by atoms with Crippen LogP contribution in [0.1, 0.15) is 5.56 Å². The standard InChI is InChI=1S/C16H12Cl2N2O/c1-9-3-6-14(21-2)12(7-9)16-19-13-8-10(17)4-5-11(13)15(18)20-16/h3-8H,1-2H3. The van der Waals surface area contributed by atoms with Crippen LogP contribution in [0.5, 0.6) is 5.75 Å². The Labute approximate surface area is 132 Å². The summed E-state index contributed by atoms with van der Waals surface area (Å²) in [4.78, 5) is 8.94. The molecule has 2 aromatic carbocycles. The molecule has 0 amide bonds. The summed E-state index contributed by atoms with van der Waals surface area (Å²) in [6.07, 6.45) is 0. The number of rotatable bonds is 2. The van der Waals surface area contributed by atoms with E-state index < -0.39 is 0 Å². The van der Waals surface area contributed by atoms with Crippen LogP contribution in [0.15, 0.2) is 36.4 Å². The summed E-state index contributed by atoms with van der Waals surface area (Å²) in [7, 11) is 1.62. The molecule has 3 nitrogen and oxygen atoms in total. The van der Waals surface area contributed by atoms with Gasteiger partial charge in [-0.15, -0.1) is 0 Å². The van der Waals surface area contributed by atoms with Crippen molar-refractivity contribution in [3.8, 4) is 17.1 Å². The molecule has 3 rings (SSSR count). The second-order valence-corrected chi connectivity index (χ2v) is 5.50. The average molecular weight is 319 g/mol. The minimum Gasteiger partial charge on any atom is -0.496 e. The fraction of sp³-hybridized carbons (Fsp3) is 0.125. The smallest absolute Gasteiger partial charge is 0.165 e. The molecule has 0 bridgehead atoms. The van der Waals surface area contributed by atoms with Crippen LogP contribution >= 0.6 is 23.2 Å². The minimum absolute atomic E-state index is 0.398. The molecule has 0 aliphatic heterocycles. The summed E-state index contributed by atoms with van der Waals surface area (Å²) in [5.41, 5.74) is 2.61. The topological polar surface area (TPSA) is 35.0 Å². The summed E-state index contributed by atoms with van der Waals surface area (Å²) in [6.45, 7) is 2.00. The average Bonchev–Trinajstić information content (AvgIpc) is 2.46. The molecule has 0 aliphatic carbocycles. The zero-order valence-corrected chi connectivity index (χ0v) is 13.0. The van der Waals surface area contributed by atoms with Gasteiger partial charge in [-0.1, -0.05) is 34.8 Å². The normalized spacial score (nSPS) is 10.9. The van der Waals surface area contributed by atoms with Crippen molar-refractivity contribution < 1.29 is 4.74 Å². The third-order valence-corrected chi connectivity index (χ3v) is 3.73. The maximum Gasteiger partial charge on any atom is 0.165 e. The van der Waals surface area contributed by atoms with Crippen molar-refractivity contribution in [1.29, 1.82) is 0 Å². The highest BCUT2D eigenvalue weighted by atomic mass is 35.5. The van der Waals surface area contributed by atoms with Crippen LogP contribution in [0.4, 0.5) is 0 Å². The third kappa shape index (κ3) is 2.67. The molecule has 5 heteroatoms. The van der Waals surface area contributed by atoms with Gasteiger partial charge in [0.1, 0.15) is 10.9 Å². The molecule has 0 unspecified atom stereocenters. The van der Waals surface area contributed by atoms with Gasteiger partial charge < -0.3 is 4.74 Å². The predicted octanol–water partition coefficient (Wildman–Crippen LogP) is 4.92. The zero-order chi connectivity index (χ0) is 15.0. The predicted molar refractivity (Wildman–Crippen MR) is 86.3 cm³/mol. The molecule has 3 aromatic rings. The summed E-state index contributed by atoms with van der Waals surface area (Å²) in [5, 5.41) is 1.78. The Morgan fingerprint density at radius 3 is 2.57 bits per heavy atom. The van der Waals surface area contributed by atoms with Gasteiger partial charge in [0.05, 0.1) is 18.2 Å². The number of benzene rings is 2. The number of nitrogens with zero attached hydrogens (tertiary/aromatic N) is 2. The van der Waals surface area contributed by atoms with E-state index >= 15 is 0 Å². The second-order valence-electron chi connectivity index (χ2n) is 4.70. The first-order valence-corrected chi connectivity index (χ1v) is 7.12. The molecule has 0 atom stereocenters. The highest BCUT2D eigenvalue weighted by Crippen LogP contribution is 2.32. The fourth-order valence-corrected chi connectivity index (χ4v) is 2.59. The molecule has 21 heavy (non-hydrogen) atoms. The Kier molecular flexibility index (Phi) is 3.70. The lowest BCUT2D eigenvalue weighted by molar-refractivity contribution is 0.416. The fourth-order valence-electron chi connectivity index (χ4n) is 2.18. The van der Waals surface area contributed by atoms with Gasteiger partial charge in [0.15, 0.2) is 5.82 Å². The van der Waals surface area contributed by atoms with Crippen LogP contribution in [0.3, 0.4) is 0 Å². The number of aromatic nitrogens is 2. The summed E-state index contributed by atoms with van der Waals surface area (Å²) < 4.78 is 5.38. The third-order valence-electron chi connectivity index (χ3n) is 3.21. The van der Waals surface area contributed by atoms with Crippen molar-refractivity contribution in [2.24, 2.45) is 0 Å². The maximum absolute atomic E-state index is 6.26. The van der Waals surface area contributed by atoms with Crippen molar-refractivity contribution in [1.82, 2.24) is 9.97 Å². The van der Waals surface area contributed by atoms with Crippen LogP contribution in [-0.2, 0) is 0 Å². The van der Waals surface area contributed by atoms with Gasteiger partial charge in [0.2, 0.25) is 0 Å². The van der Waals surface area contributed by atoms with Crippen LogP contribution < -0.4 is 4.74 Å². The lowest BCUT2D eigenvalue weighted by atomic mass is 10.1. The Morgan fingerprint density at radius 2 is 1.81 bits per heavy atom. The Hall–Kier alpha value is -1.84. The monoisotopic (exact) mass is 318 g/mol. The molecule has 0 aliphatic rings. The van der Waals surface area contributed by atoms with Gasteiger partial charge in [-0.2, -0.15) is 0 Å². The molecule has 0 radical (unpaired) electrons. The van der Waals surface area contributed by atoms with Gasteiger partial charge in [0.25, 0.3) is 0 Å². The quantitative estimate of drug-likeness (QED) is 0.629. The summed E-state index contributed by atoms with van der Waals surface area (Å²) >= 11 is 12.3. The molecule has 0 spiro atoms. The second kappa shape index (κ2) is 5.51. The van der Waals surface area contributed by atoms with Crippen molar-refractivity contribution in [3.05, 3.63) is 52.1 Å². The van der Waals surface area contributed by atoms with Gasteiger partial charge in [-0.3, -0.25) is 0 Å². The Balaban J connectivity index is 2.28. The highest BCUT2D eigenvalue weighted by Gasteiger charge is 2.12. The van der Waals surface area contributed by atoms with E-state index in [1.165, 1.54) is 0 Å². The van der Waals surface area contributed by atoms with Crippen molar-refractivity contribution >= 4 is 34.1 Å². The first kappa shape index (κ1) is 14.1. The van der Waals surface area contributed by atoms with E-state index in [1.54, 1.807) is 19.2 Å². The number of halogens is 2. The Bertz CT molecular complexity index is 834. The highest BCUT2D eigenvalue weighted by molar-refractivity contribution is 6.35. The van der Waals surface area contributed by atoms with Crippen LogP contribution in [0, 0.1) is 6.92 Å². The van der Waals surface area contributed by atoms with Gasteiger partial charge in [0, 0.05) is 10.4 Å². The van der Waals surface area contributed by atoms with E-state index in [4.69, 9.17) is 27.9 Å². The molecule has 106 valence electrons. The van der Waals surface area contributed by atoms with Crippen molar-refractivity contribution in [3.63, 3.8) is 0 Å². The molecule has 0 saturated heterocycles. The first-order valence-electron chi connectivity index (χ1n) is 6.36. The zero-order valence-electron chi connectivity index (χ0n) is 11.5. The lowest BCUT2D eigenvalue weighted by Gasteiger charge is -2.10. The number of methoxy groups -OCH3 is 1.